The molecule has 126 valence electrons. The third-order valence-electron chi connectivity index (χ3n) is 2.51. The number of amides is 3. The van der Waals surface area contributed by atoms with E-state index in [0.717, 1.165) is 0 Å². The number of rotatable bonds is 9. The van der Waals surface area contributed by atoms with Crippen LogP contribution in [0.15, 0.2) is 0 Å². The molecule has 0 heterocycles. The quantitative estimate of drug-likeness (QED) is 0.221. The first kappa shape index (κ1) is 19.8. The first-order valence-corrected chi connectivity index (χ1v) is 6.30. The fourth-order valence-electron chi connectivity index (χ4n) is 1.18. The van der Waals surface area contributed by atoms with Crippen LogP contribution in [0.1, 0.15) is 6.92 Å². The molecule has 0 aromatic rings. The number of hydrogen-bond donors (Lipinski definition) is 7. The van der Waals surface area contributed by atoms with Gasteiger partial charge in [-0.1, -0.05) is 0 Å². The lowest BCUT2D eigenvalue weighted by molar-refractivity contribution is -0.142. The van der Waals surface area contributed by atoms with Crippen LogP contribution in [-0.2, 0) is 19.2 Å². The van der Waals surface area contributed by atoms with Crippen molar-refractivity contribution in [2.24, 2.45) is 5.73 Å². The van der Waals surface area contributed by atoms with Crippen molar-refractivity contribution < 1.29 is 34.5 Å². The highest BCUT2D eigenvalue weighted by atomic mass is 16.4. The van der Waals surface area contributed by atoms with Crippen molar-refractivity contribution >= 4 is 23.7 Å². The van der Waals surface area contributed by atoms with Gasteiger partial charge in [-0.2, -0.15) is 0 Å². The largest absolute Gasteiger partial charge is 0.480 e. The maximum absolute atomic E-state index is 11.4. The monoisotopic (exact) mass is 320 g/mol. The Bertz CT molecular complexity index is 427. The van der Waals surface area contributed by atoms with Crippen LogP contribution in [0.3, 0.4) is 0 Å². The molecule has 0 fully saturated rings. The van der Waals surface area contributed by atoms with Crippen molar-refractivity contribution in [1.82, 2.24) is 16.0 Å². The standard InChI is InChI=1S/C11H20N4O7/c1-5(17)9(12)10(20)14-2-7(18)13-3-8(19)15-6(4-16)11(21)22/h5-6,9,16-17H,2-4,12H2,1H3,(H,13,18)(H,14,20)(H,15,19)(H,21,22). The van der Waals surface area contributed by atoms with E-state index in [1.54, 1.807) is 0 Å². The van der Waals surface area contributed by atoms with Crippen molar-refractivity contribution in [2.45, 2.75) is 25.1 Å². The number of aliphatic hydroxyl groups is 2. The predicted molar refractivity (Wildman–Crippen MR) is 72.3 cm³/mol. The van der Waals surface area contributed by atoms with E-state index < -0.39 is 61.6 Å². The molecular formula is C11H20N4O7. The van der Waals surface area contributed by atoms with Crippen molar-refractivity contribution in [1.29, 1.82) is 0 Å². The Labute approximate surface area is 125 Å². The van der Waals surface area contributed by atoms with Crippen molar-refractivity contribution in [3.05, 3.63) is 0 Å². The lowest BCUT2D eigenvalue weighted by Gasteiger charge is -2.14. The van der Waals surface area contributed by atoms with Gasteiger partial charge >= 0.3 is 5.97 Å². The average Bonchev–Trinajstić information content (AvgIpc) is 2.46. The summed E-state index contributed by atoms with van der Waals surface area (Å²) in [7, 11) is 0. The molecule has 3 atom stereocenters. The highest BCUT2D eigenvalue weighted by Gasteiger charge is 2.20. The molecule has 0 aliphatic heterocycles. The van der Waals surface area contributed by atoms with E-state index in [1.165, 1.54) is 6.92 Å². The summed E-state index contributed by atoms with van der Waals surface area (Å²) in [4.78, 5) is 44.6. The van der Waals surface area contributed by atoms with Gasteiger partial charge in [0.15, 0.2) is 0 Å². The lowest BCUT2D eigenvalue weighted by Crippen LogP contribution is -2.51. The van der Waals surface area contributed by atoms with Crippen LogP contribution in [0.2, 0.25) is 0 Å². The number of carbonyl (C=O) groups excluding carboxylic acids is 3. The highest BCUT2D eigenvalue weighted by molar-refractivity contribution is 5.90. The number of nitrogens with two attached hydrogens (primary N) is 1. The zero-order chi connectivity index (χ0) is 17.3. The molecule has 8 N–H and O–H groups in total. The molecule has 0 saturated heterocycles. The third-order valence-corrected chi connectivity index (χ3v) is 2.51. The van der Waals surface area contributed by atoms with Gasteiger partial charge in [0, 0.05) is 0 Å². The zero-order valence-electron chi connectivity index (χ0n) is 11.9. The topological polar surface area (TPSA) is 191 Å². The number of carboxylic acid groups (broad SMARTS) is 1. The SMILES string of the molecule is CC(O)C(N)C(=O)NCC(=O)NCC(=O)NC(CO)C(=O)O. The van der Waals surface area contributed by atoms with Crippen LogP contribution >= 0.6 is 0 Å². The van der Waals surface area contributed by atoms with Crippen LogP contribution in [0, 0.1) is 0 Å². The van der Waals surface area contributed by atoms with E-state index in [0.29, 0.717) is 0 Å². The highest BCUT2D eigenvalue weighted by Crippen LogP contribution is 1.87. The van der Waals surface area contributed by atoms with Gasteiger partial charge in [-0.3, -0.25) is 14.4 Å². The van der Waals surface area contributed by atoms with Gasteiger partial charge < -0.3 is 37.0 Å². The number of aliphatic carboxylic acids is 1. The normalized spacial score (nSPS) is 14.4. The van der Waals surface area contributed by atoms with E-state index in [4.69, 9.17) is 21.1 Å². The minimum absolute atomic E-state index is 0.463. The second kappa shape index (κ2) is 9.65. The van der Waals surface area contributed by atoms with Crippen LogP contribution in [0.25, 0.3) is 0 Å². The van der Waals surface area contributed by atoms with Gasteiger partial charge in [-0.15, -0.1) is 0 Å². The molecule has 11 heteroatoms. The molecule has 0 spiro atoms. The van der Waals surface area contributed by atoms with Crippen molar-refractivity contribution in [3.8, 4) is 0 Å². The van der Waals surface area contributed by atoms with Crippen molar-refractivity contribution in [2.75, 3.05) is 19.7 Å². The van der Waals surface area contributed by atoms with Crippen molar-refractivity contribution in [3.63, 3.8) is 0 Å². The van der Waals surface area contributed by atoms with Gasteiger partial charge in [0.25, 0.3) is 0 Å². The first-order valence-electron chi connectivity index (χ1n) is 6.30. The van der Waals surface area contributed by atoms with E-state index >= 15 is 0 Å². The fraction of sp³-hybridized carbons (Fsp3) is 0.636. The van der Waals surface area contributed by atoms with Crippen LogP contribution < -0.4 is 21.7 Å². The number of carbonyl (C=O) groups is 4. The van der Waals surface area contributed by atoms with Crippen LogP contribution in [0.4, 0.5) is 0 Å². The molecule has 0 bridgehead atoms. The fourth-order valence-corrected chi connectivity index (χ4v) is 1.18. The molecule has 0 aliphatic carbocycles. The molecule has 0 aromatic heterocycles. The predicted octanol–water partition coefficient (Wildman–Crippen LogP) is -4.51. The minimum atomic E-state index is -1.46. The summed E-state index contributed by atoms with van der Waals surface area (Å²) in [6, 6.07) is -2.65. The maximum atomic E-state index is 11.4. The van der Waals surface area contributed by atoms with E-state index in [1.807, 2.05) is 5.32 Å². The molecular weight excluding hydrogens is 300 g/mol. The molecule has 0 radical (unpaired) electrons. The molecule has 0 aromatic carbocycles. The molecule has 0 aliphatic rings. The summed E-state index contributed by atoms with van der Waals surface area (Å²) in [6.45, 7) is -0.465. The van der Waals surface area contributed by atoms with Gasteiger partial charge in [0.1, 0.15) is 12.1 Å². The molecule has 0 saturated carbocycles. The number of nitrogens with one attached hydrogen (secondary N) is 3. The van der Waals surface area contributed by atoms with Crippen LogP contribution in [0.5, 0.6) is 0 Å². The molecule has 11 nitrogen and oxygen atoms in total. The Kier molecular flexibility index (Phi) is 8.67. The second-order valence-electron chi connectivity index (χ2n) is 4.40. The number of hydrogen-bond acceptors (Lipinski definition) is 7. The van der Waals surface area contributed by atoms with Gasteiger partial charge in [0.05, 0.1) is 25.8 Å². The Balaban J connectivity index is 4.06. The minimum Gasteiger partial charge on any atom is -0.480 e. The summed E-state index contributed by atoms with van der Waals surface area (Å²) in [5.41, 5.74) is 5.33. The third kappa shape index (κ3) is 7.52. The van der Waals surface area contributed by atoms with Gasteiger partial charge in [0.2, 0.25) is 17.7 Å². The van der Waals surface area contributed by atoms with E-state index in [9.17, 15) is 19.2 Å². The zero-order valence-corrected chi connectivity index (χ0v) is 11.9. The first-order chi connectivity index (χ1) is 10.2. The van der Waals surface area contributed by atoms with E-state index in [-0.39, 0.29) is 0 Å². The smallest absolute Gasteiger partial charge is 0.328 e. The summed E-state index contributed by atoms with van der Waals surface area (Å²) < 4.78 is 0. The Morgan fingerprint density at radius 2 is 1.64 bits per heavy atom. The average molecular weight is 320 g/mol. The number of carboxylic acids is 1. The molecule has 22 heavy (non-hydrogen) atoms. The summed E-state index contributed by atoms with van der Waals surface area (Å²) in [5.74, 6) is -3.68. The Morgan fingerprint density at radius 3 is 2.09 bits per heavy atom. The van der Waals surface area contributed by atoms with E-state index in [2.05, 4.69) is 10.6 Å². The van der Waals surface area contributed by atoms with Crippen LogP contribution in [-0.4, -0.2) is 76.9 Å². The maximum Gasteiger partial charge on any atom is 0.328 e. The lowest BCUT2D eigenvalue weighted by atomic mass is 10.2. The summed E-state index contributed by atoms with van der Waals surface area (Å²) >= 11 is 0. The molecule has 3 unspecified atom stereocenters. The molecule has 0 rings (SSSR count). The molecule has 3 amide bonds. The Morgan fingerprint density at radius 1 is 1.09 bits per heavy atom. The van der Waals surface area contributed by atoms with Gasteiger partial charge in [-0.25, -0.2) is 4.79 Å². The van der Waals surface area contributed by atoms with Gasteiger partial charge in [-0.05, 0) is 6.92 Å². The summed E-state index contributed by atoms with van der Waals surface area (Å²) in [5, 5.41) is 32.6. The summed E-state index contributed by atoms with van der Waals surface area (Å²) in [6.07, 6.45) is -1.08. The second-order valence-corrected chi connectivity index (χ2v) is 4.40. The Hall–Kier alpha value is -2.24. The number of aliphatic hydroxyl groups excluding tert-OH is 2.